The summed E-state index contributed by atoms with van der Waals surface area (Å²) in [4.78, 5) is 14.8. The molecule has 1 heterocycles. The van der Waals surface area contributed by atoms with Crippen LogP contribution in [0, 0.1) is 3.57 Å². The van der Waals surface area contributed by atoms with Crippen molar-refractivity contribution < 1.29 is 9.90 Å². The molecule has 1 aromatic heterocycles. The fourth-order valence-electron chi connectivity index (χ4n) is 1.36. The molecule has 2 rings (SSSR count). The van der Waals surface area contributed by atoms with Crippen molar-refractivity contribution in [2.24, 2.45) is 0 Å². The van der Waals surface area contributed by atoms with Crippen LogP contribution in [-0.2, 0) is 0 Å². The van der Waals surface area contributed by atoms with E-state index in [2.05, 4.69) is 48.8 Å². The summed E-state index contributed by atoms with van der Waals surface area (Å²) in [5.41, 5.74) is 0.865. The van der Waals surface area contributed by atoms with Crippen molar-refractivity contribution in [3.05, 3.63) is 49.1 Å². The first-order valence-electron chi connectivity index (χ1n) is 5.08. The van der Waals surface area contributed by atoms with Crippen LogP contribution in [0.25, 0.3) is 0 Å². The Labute approximate surface area is 136 Å². The Hall–Kier alpha value is -0.860. The standard InChI is InChI=1S/C12H7BrClIN2O2/c13-8-4-7(1-2-10(8)15)17-11-9(14)3-6(5-16-11)12(18)19/h1-5H,(H,16,17)(H,18,19). The topological polar surface area (TPSA) is 62.2 Å². The van der Waals surface area contributed by atoms with Crippen molar-refractivity contribution in [3.8, 4) is 0 Å². The molecule has 19 heavy (non-hydrogen) atoms. The van der Waals surface area contributed by atoms with E-state index in [0.29, 0.717) is 5.82 Å². The smallest absolute Gasteiger partial charge is 0.337 e. The molecular weight excluding hydrogens is 446 g/mol. The number of hydrogen-bond acceptors (Lipinski definition) is 3. The van der Waals surface area contributed by atoms with E-state index in [1.807, 2.05) is 18.2 Å². The predicted octanol–water partition coefficient (Wildman–Crippen LogP) is 4.54. The predicted molar refractivity (Wildman–Crippen MR) is 86.3 cm³/mol. The lowest BCUT2D eigenvalue weighted by Crippen LogP contribution is -2.00. The number of nitrogens with one attached hydrogen (secondary N) is 1. The Morgan fingerprint density at radius 1 is 1.42 bits per heavy atom. The number of carboxylic acids is 1. The molecule has 2 N–H and O–H groups in total. The summed E-state index contributed by atoms with van der Waals surface area (Å²) < 4.78 is 2.04. The van der Waals surface area contributed by atoms with Crippen molar-refractivity contribution in [3.63, 3.8) is 0 Å². The van der Waals surface area contributed by atoms with Crippen LogP contribution < -0.4 is 5.32 Å². The summed E-state index contributed by atoms with van der Waals surface area (Å²) in [7, 11) is 0. The zero-order valence-corrected chi connectivity index (χ0v) is 13.8. The van der Waals surface area contributed by atoms with Crippen LogP contribution in [0.5, 0.6) is 0 Å². The minimum Gasteiger partial charge on any atom is -0.478 e. The highest BCUT2D eigenvalue weighted by molar-refractivity contribution is 14.1. The van der Waals surface area contributed by atoms with Gasteiger partial charge in [0.1, 0.15) is 5.82 Å². The van der Waals surface area contributed by atoms with Crippen molar-refractivity contribution >= 4 is 67.6 Å². The highest BCUT2D eigenvalue weighted by Crippen LogP contribution is 2.27. The normalized spacial score (nSPS) is 10.3. The Morgan fingerprint density at radius 3 is 2.74 bits per heavy atom. The highest BCUT2D eigenvalue weighted by Gasteiger charge is 2.09. The number of rotatable bonds is 3. The Bertz CT molecular complexity index is 652. The average Bonchev–Trinajstić information content (AvgIpc) is 2.36. The molecule has 0 spiro atoms. The second-order valence-corrected chi connectivity index (χ2v) is 6.04. The summed E-state index contributed by atoms with van der Waals surface area (Å²) in [5, 5.41) is 12.1. The van der Waals surface area contributed by atoms with Gasteiger partial charge in [-0.2, -0.15) is 0 Å². The number of nitrogens with zero attached hydrogens (tertiary/aromatic N) is 1. The first kappa shape index (κ1) is 14.5. The summed E-state index contributed by atoms with van der Waals surface area (Å²) in [6.07, 6.45) is 1.26. The lowest BCUT2D eigenvalue weighted by molar-refractivity contribution is 0.0696. The van der Waals surface area contributed by atoms with Crippen molar-refractivity contribution in [2.75, 3.05) is 5.32 Å². The first-order chi connectivity index (χ1) is 8.97. The number of hydrogen-bond donors (Lipinski definition) is 2. The maximum atomic E-state index is 10.8. The molecular formula is C12H7BrClIN2O2. The number of aromatic carboxylic acids is 1. The van der Waals surface area contributed by atoms with Crippen LogP contribution in [0.3, 0.4) is 0 Å². The lowest BCUT2D eigenvalue weighted by atomic mass is 10.3. The quantitative estimate of drug-likeness (QED) is 0.670. The zero-order chi connectivity index (χ0) is 14.0. The lowest BCUT2D eigenvalue weighted by Gasteiger charge is -2.09. The molecule has 0 unspecified atom stereocenters. The van der Waals surface area contributed by atoms with Gasteiger partial charge >= 0.3 is 5.97 Å². The zero-order valence-electron chi connectivity index (χ0n) is 9.32. The molecule has 0 aliphatic heterocycles. The second-order valence-electron chi connectivity index (χ2n) is 3.61. The molecule has 4 nitrogen and oxygen atoms in total. The van der Waals surface area contributed by atoms with Crippen molar-refractivity contribution in [1.82, 2.24) is 4.98 Å². The molecule has 0 saturated carbocycles. The summed E-state index contributed by atoms with van der Waals surface area (Å²) in [5.74, 6) is -0.641. The minimum absolute atomic E-state index is 0.0549. The van der Waals surface area contributed by atoms with Gasteiger partial charge in [0, 0.05) is 19.9 Å². The Kier molecular flexibility index (Phi) is 4.64. The maximum Gasteiger partial charge on any atom is 0.337 e. The third kappa shape index (κ3) is 3.58. The van der Waals surface area contributed by atoms with Gasteiger partial charge in [-0.3, -0.25) is 0 Å². The third-order valence-corrected chi connectivity index (χ3v) is 4.90. The number of carbonyl (C=O) groups is 1. The second kappa shape index (κ2) is 6.06. The third-order valence-electron chi connectivity index (χ3n) is 2.27. The van der Waals surface area contributed by atoms with Crippen LogP contribution in [0.1, 0.15) is 10.4 Å². The van der Waals surface area contributed by atoms with E-state index in [1.165, 1.54) is 12.3 Å². The number of benzene rings is 1. The molecule has 2 aromatic rings. The van der Waals surface area contributed by atoms with Crippen LogP contribution >= 0.6 is 50.1 Å². The molecule has 98 valence electrons. The molecule has 0 radical (unpaired) electrons. The fourth-order valence-corrected chi connectivity index (χ4v) is 2.29. The molecule has 0 aliphatic carbocycles. The molecule has 0 amide bonds. The van der Waals surface area contributed by atoms with Crippen LogP contribution in [0.2, 0.25) is 5.02 Å². The van der Waals surface area contributed by atoms with Crippen molar-refractivity contribution in [1.29, 1.82) is 0 Å². The SMILES string of the molecule is O=C(O)c1cnc(Nc2ccc(I)c(Br)c2)c(Cl)c1. The molecule has 0 fully saturated rings. The number of anilines is 2. The molecule has 1 aromatic carbocycles. The minimum atomic E-state index is -1.06. The van der Waals surface area contributed by atoms with Crippen molar-refractivity contribution in [2.45, 2.75) is 0 Å². The van der Waals surface area contributed by atoms with E-state index in [4.69, 9.17) is 16.7 Å². The van der Waals surface area contributed by atoms with Gasteiger partial charge in [-0.1, -0.05) is 11.6 Å². The summed E-state index contributed by atoms with van der Waals surface area (Å²) in [6, 6.07) is 7.08. The van der Waals surface area contributed by atoms with E-state index in [-0.39, 0.29) is 10.6 Å². The average molecular weight is 453 g/mol. The van der Waals surface area contributed by atoms with Gasteiger partial charge in [-0.25, -0.2) is 9.78 Å². The summed E-state index contributed by atoms with van der Waals surface area (Å²) in [6.45, 7) is 0. The van der Waals surface area contributed by atoms with Gasteiger partial charge in [-0.15, -0.1) is 0 Å². The van der Waals surface area contributed by atoms with E-state index in [9.17, 15) is 4.79 Å². The highest BCUT2D eigenvalue weighted by atomic mass is 127. The first-order valence-corrected chi connectivity index (χ1v) is 7.33. The van der Waals surface area contributed by atoms with Gasteiger partial charge < -0.3 is 10.4 Å². The Morgan fingerprint density at radius 2 is 2.16 bits per heavy atom. The van der Waals surface area contributed by atoms with Gasteiger partial charge in [0.25, 0.3) is 0 Å². The summed E-state index contributed by atoms with van der Waals surface area (Å²) >= 11 is 11.6. The number of carboxylic acid groups (broad SMARTS) is 1. The van der Waals surface area contributed by atoms with Crippen LogP contribution in [0.15, 0.2) is 34.9 Å². The Balaban J connectivity index is 2.28. The van der Waals surface area contributed by atoms with E-state index >= 15 is 0 Å². The largest absolute Gasteiger partial charge is 0.478 e. The number of halogens is 3. The maximum absolute atomic E-state index is 10.8. The van der Waals surface area contributed by atoms with Gasteiger partial charge in [0.2, 0.25) is 0 Å². The fraction of sp³-hybridized carbons (Fsp3) is 0. The van der Waals surface area contributed by atoms with Gasteiger partial charge in [0.15, 0.2) is 0 Å². The van der Waals surface area contributed by atoms with Gasteiger partial charge in [-0.05, 0) is 62.8 Å². The molecule has 0 bridgehead atoms. The van der Waals surface area contributed by atoms with Crippen LogP contribution in [0.4, 0.5) is 11.5 Å². The van der Waals surface area contributed by atoms with Gasteiger partial charge in [0.05, 0.1) is 10.6 Å². The molecule has 0 atom stereocenters. The number of aromatic nitrogens is 1. The molecule has 7 heteroatoms. The van der Waals surface area contributed by atoms with Crippen LogP contribution in [-0.4, -0.2) is 16.1 Å². The van der Waals surface area contributed by atoms with E-state index < -0.39 is 5.97 Å². The van der Waals surface area contributed by atoms with E-state index in [0.717, 1.165) is 13.7 Å². The molecule has 0 saturated heterocycles. The molecule has 0 aliphatic rings. The monoisotopic (exact) mass is 452 g/mol. The van der Waals surface area contributed by atoms with E-state index in [1.54, 1.807) is 0 Å². The number of pyridine rings is 1.